The molecule has 3 rings (SSSR count). The Hall–Kier alpha value is -0.440. The lowest BCUT2D eigenvalue weighted by Crippen LogP contribution is -2.25. The summed E-state index contributed by atoms with van der Waals surface area (Å²) in [6.45, 7) is 0.871. The van der Waals surface area contributed by atoms with E-state index in [1.165, 1.54) is 11.1 Å². The summed E-state index contributed by atoms with van der Waals surface area (Å²) in [7, 11) is 1.96. The smallest absolute Gasteiger partial charge is 0.0595 e. The molecule has 5 heteroatoms. The van der Waals surface area contributed by atoms with E-state index < -0.39 is 0 Å². The number of likely N-dealkylation sites (N-methyl/N-ethyl adjacent to an activating group) is 1. The van der Waals surface area contributed by atoms with Gasteiger partial charge in [0.25, 0.3) is 0 Å². The summed E-state index contributed by atoms with van der Waals surface area (Å²) < 4.78 is 0. The van der Waals surface area contributed by atoms with Crippen molar-refractivity contribution < 1.29 is 0 Å². The molecule has 1 saturated carbocycles. The maximum absolute atomic E-state index is 6.20. The van der Waals surface area contributed by atoms with E-state index in [-0.39, 0.29) is 5.41 Å². The third-order valence-corrected chi connectivity index (χ3v) is 5.89. The summed E-state index contributed by atoms with van der Waals surface area (Å²) in [6.07, 6.45) is 1.05. The zero-order valence-corrected chi connectivity index (χ0v) is 15.0. The van der Waals surface area contributed by atoms with Crippen LogP contribution in [0.2, 0.25) is 20.1 Å². The molecule has 1 aliphatic rings. The Kier molecular flexibility index (Phi) is 4.64. The molecule has 0 heterocycles. The Balaban J connectivity index is 1.97. The van der Waals surface area contributed by atoms with Crippen LogP contribution in [0.1, 0.15) is 23.5 Å². The van der Waals surface area contributed by atoms with Gasteiger partial charge in [0.05, 0.1) is 20.1 Å². The highest BCUT2D eigenvalue weighted by atomic mass is 35.5. The van der Waals surface area contributed by atoms with Crippen LogP contribution >= 0.6 is 46.4 Å². The average molecular weight is 375 g/mol. The monoisotopic (exact) mass is 373 g/mol. The summed E-state index contributed by atoms with van der Waals surface area (Å²) in [5, 5.41) is 5.65. The van der Waals surface area contributed by atoms with Gasteiger partial charge < -0.3 is 5.32 Å². The molecule has 22 heavy (non-hydrogen) atoms. The zero-order chi connectivity index (χ0) is 15.9. The van der Waals surface area contributed by atoms with Crippen LogP contribution in [-0.2, 0) is 5.41 Å². The van der Waals surface area contributed by atoms with E-state index >= 15 is 0 Å². The van der Waals surface area contributed by atoms with Crippen molar-refractivity contribution in [3.05, 3.63) is 67.6 Å². The summed E-state index contributed by atoms with van der Waals surface area (Å²) in [5.41, 5.74) is 2.43. The fourth-order valence-electron chi connectivity index (χ4n) is 3.21. The third kappa shape index (κ3) is 2.86. The molecular weight excluding hydrogens is 360 g/mol. The Labute approximate surface area is 150 Å². The minimum atomic E-state index is 0.0279. The van der Waals surface area contributed by atoms with E-state index in [2.05, 4.69) is 11.4 Å². The van der Waals surface area contributed by atoms with Crippen molar-refractivity contribution in [2.45, 2.75) is 17.8 Å². The Morgan fingerprint density at radius 1 is 0.955 bits per heavy atom. The summed E-state index contributed by atoms with van der Waals surface area (Å²) >= 11 is 24.4. The van der Waals surface area contributed by atoms with E-state index in [1.807, 2.05) is 37.4 Å². The van der Waals surface area contributed by atoms with Crippen LogP contribution in [0, 0.1) is 0 Å². The summed E-state index contributed by atoms with van der Waals surface area (Å²) in [5.74, 6) is 0.395. The first-order valence-corrected chi connectivity index (χ1v) is 8.54. The van der Waals surface area contributed by atoms with E-state index in [1.54, 1.807) is 0 Å². The number of rotatable bonds is 4. The maximum atomic E-state index is 6.20. The van der Waals surface area contributed by atoms with Gasteiger partial charge in [0.15, 0.2) is 0 Å². The molecular formula is C17H15Cl4N. The highest BCUT2D eigenvalue weighted by molar-refractivity contribution is 6.42. The molecule has 0 radical (unpaired) electrons. The Morgan fingerprint density at radius 2 is 1.59 bits per heavy atom. The van der Waals surface area contributed by atoms with Crippen LogP contribution in [0.15, 0.2) is 36.4 Å². The first-order chi connectivity index (χ1) is 10.5. The number of benzene rings is 2. The third-order valence-electron chi connectivity index (χ3n) is 4.41. The highest BCUT2D eigenvalue weighted by Gasteiger charge is 2.55. The molecule has 2 aromatic rings. The first-order valence-electron chi connectivity index (χ1n) is 7.03. The predicted octanol–water partition coefficient (Wildman–Crippen LogP) is 5.94. The molecule has 1 N–H and O–H groups in total. The van der Waals surface area contributed by atoms with Crippen LogP contribution in [0.3, 0.4) is 0 Å². The van der Waals surface area contributed by atoms with Gasteiger partial charge in [0.2, 0.25) is 0 Å². The number of halogens is 4. The average Bonchev–Trinajstić information content (AvgIpc) is 3.21. The molecule has 0 bridgehead atoms. The van der Waals surface area contributed by atoms with Crippen LogP contribution in [0.4, 0.5) is 0 Å². The highest BCUT2D eigenvalue weighted by Crippen LogP contribution is 2.60. The standard InChI is InChI=1S/C17H15Cl4N/c1-22-9-17(11-3-5-14(19)16(21)7-11)8-12(17)10-2-4-13(18)15(20)6-10/h2-7,12,22H,8-9H2,1H3/t12-,17-/m1/s1. The van der Waals surface area contributed by atoms with Gasteiger partial charge in [-0.05, 0) is 54.8 Å². The largest absolute Gasteiger partial charge is 0.319 e. The molecule has 1 aliphatic carbocycles. The molecule has 1 fully saturated rings. The lowest BCUT2D eigenvalue weighted by molar-refractivity contribution is 0.605. The normalized spacial score (nSPS) is 23.6. The molecule has 0 unspecified atom stereocenters. The quantitative estimate of drug-likeness (QED) is 0.697. The van der Waals surface area contributed by atoms with E-state index in [9.17, 15) is 0 Å². The van der Waals surface area contributed by atoms with Crippen molar-refractivity contribution in [1.29, 1.82) is 0 Å². The van der Waals surface area contributed by atoms with Crippen molar-refractivity contribution >= 4 is 46.4 Å². The van der Waals surface area contributed by atoms with E-state index in [0.717, 1.165) is 13.0 Å². The van der Waals surface area contributed by atoms with Gasteiger partial charge >= 0.3 is 0 Å². The predicted molar refractivity (Wildman–Crippen MR) is 95.9 cm³/mol. The lowest BCUT2D eigenvalue weighted by atomic mass is 9.90. The molecule has 0 saturated heterocycles. The number of nitrogens with one attached hydrogen (secondary N) is 1. The molecule has 2 atom stereocenters. The Morgan fingerprint density at radius 3 is 2.18 bits per heavy atom. The topological polar surface area (TPSA) is 12.0 Å². The van der Waals surface area contributed by atoms with Crippen molar-refractivity contribution in [3.63, 3.8) is 0 Å². The van der Waals surface area contributed by atoms with Gasteiger partial charge in [-0.2, -0.15) is 0 Å². The minimum absolute atomic E-state index is 0.0279. The summed E-state index contributed by atoms with van der Waals surface area (Å²) in [6, 6.07) is 11.8. The molecule has 0 aliphatic heterocycles. The van der Waals surface area contributed by atoms with Crippen molar-refractivity contribution in [1.82, 2.24) is 5.32 Å². The fourth-order valence-corrected chi connectivity index (χ4v) is 3.81. The van der Waals surface area contributed by atoms with Gasteiger partial charge in [-0.3, -0.25) is 0 Å². The second-order valence-corrected chi connectivity index (χ2v) is 7.37. The maximum Gasteiger partial charge on any atom is 0.0595 e. The van der Waals surface area contributed by atoms with Crippen molar-refractivity contribution in [3.8, 4) is 0 Å². The molecule has 116 valence electrons. The number of hydrogen-bond acceptors (Lipinski definition) is 1. The summed E-state index contributed by atoms with van der Waals surface area (Å²) in [4.78, 5) is 0. The van der Waals surface area contributed by atoms with Crippen LogP contribution in [0.5, 0.6) is 0 Å². The van der Waals surface area contributed by atoms with Crippen LogP contribution < -0.4 is 5.32 Å². The van der Waals surface area contributed by atoms with Crippen molar-refractivity contribution in [2.24, 2.45) is 0 Å². The van der Waals surface area contributed by atoms with E-state index in [0.29, 0.717) is 26.0 Å². The van der Waals surface area contributed by atoms with Gasteiger partial charge in [-0.15, -0.1) is 0 Å². The Bertz CT molecular complexity index is 716. The second kappa shape index (κ2) is 6.22. The van der Waals surface area contributed by atoms with Crippen molar-refractivity contribution in [2.75, 3.05) is 13.6 Å². The zero-order valence-electron chi connectivity index (χ0n) is 12.0. The molecule has 1 nitrogen and oxygen atoms in total. The van der Waals surface area contributed by atoms with Gasteiger partial charge in [0.1, 0.15) is 0 Å². The lowest BCUT2D eigenvalue weighted by Gasteiger charge is -2.19. The SMILES string of the molecule is CNC[C@@]1(c2ccc(Cl)c(Cl)c2)C[C@@H]1c1ccc(Cl)c(Cl)c1. The molecule has 0 aromatic heterocycles. The molecule has 0 amide bonds. The van der Waals surface area contributed by atoms with Crippen LogP contribution in [0.25, 0.3) is 0 Å². The first kappa shape index (κ1) is 16.4. The van der Waals surface area contributed by atoms with Gasteiger partial charge in [-0.25, -0.2) is 0 Å². The van der Waals surface area contributed by atoms with E-state index in [4.69, 9.17) is 46.4 Å². The second-order valence-electron chi connectivity index (χ2n) is 5.75. The number of hydrogen-bond donors (Lipinski definition) is 1. The molecule has 2 aromatic carbocycles. The van der Waals surface area contributed by atoms with Gasteiger partial charge in [-0.1, -0.05) is 58.5 Å². The fraction of sp³-hybridized carbons (Fsp3) is 0.294. The van der Waals surface area contributed by atoms with Gasteiger partial charge in [0, 0.05) is 12.0 Å². The molecule has 0 spiro atoms. The van der Waals surface area contributed by atoms with Crippen LogP contribution in [-0.4, -0.2) is 13.6 Å². The minimum Gasteiger partial charge on any atom is -0.319 e.